The van der Waals surface area contributed by atoms with Crippen molar-refractivity contribution in [2.45, 2.75) is 38.1 Å². The first-order valence-electron chi connectivity index (χ1n) is 9.47. The molecule has 31 heavy (non-hydrogen) atoms. The average molecular weight is 479 g/mol. The third kappa shape index (κ3) is 7.42. The SMILES string of the molecule is CCOC(=O)C(CC(F)(F)F)SCCC(=O)N(CC)c1cn(-c2cccnc2)nc1Cl. The summed E-state index contributed by atoms with van der Waals surface area (Å²) in [5.74, 6) is -1.27. The predicted molar refractivity (Wildman–Crippen MR) is 113 cm³/mol. The van der Waals surface area contributed by atoms with Crippen LogP contribution in [-0.2, 0) is 14.3 Å². The molecule has 0 aliphatic heterocycles. The maximum Gasteiger partial charge on any atom is 0.390 e. The Hall–Kier alpha value is -2.27. The molecule has 0 radical (unpaired) electrons. The van der Waals surface area contributed by atoms with Gasteiger partial charge >= 0.3 is 12.1 Å². The lowest BCUT2D eigenvalue weighted by atomic mass is 10.3. The molecule has 1 unspecified atom stereocenters. The fraction of sp³-hybridized carbons (Fsp3) is 0.474. The number of pyridine rings is 1. The minimum atomic E-state index is -4.52. The number of rotatable bonds is 10. The van der Waals surface area contributed by atoms with Crippen LogP contribution in [0.5, 0.6) is 0 Å². The van der Waals surface area contributed by atoms with E-state index in [9.17, 15) is 22.8 Å². The minimum absolute atomic E-state index is 0.0171. The van der Waals surface area contributed by atoms with Gasteiger partial charge in [0.1, 0.15) is 10.9 Å². The van der Waals surface area contributed by atoms with Gasteiger partial charge in [-0.15, -0.1) is 11.8 Å². The van der Waals surface area contributed by atoms with E-state index in [1.54, 1.807) is 37.6 Å². The van der Waals surface area contributed by atoms with Gasteiger partial charge in [-0.3, -0.25) is 14.6 Å². The Labute approximate surface area is 186 Å². The molecule has 0 aliphatic carbocycles. The van der Waals surface area contributed by atoms with Crippen LogP contribution in [0.4, 0.5) is 18.9 Å². The van der Waals surface area contributed by atoms with Crippen molar-refractivity contribution in [3.63, 3.8) is 0 Å². The van der Waals surface area contributed by atoms with E-state index in [0.717, 1.165) is 11.8 Å². The van der Waals surface area contributed by atoms with E-state index in [1.165, 1.54) is 16.5 Å². The maximum absolute atomic E-state index is 12.8. The van der Waals surface area contributed by atoms with Gasteiger partial charge in [0.2, 0.25) is 5.91 Å². The van der Waals surface area contributed by atoms with E-state index in [0.29, 0.717) is 11.4 Å². The van der Waals surface area contributed by atoms with Gasteiger partial charge in [0.15, 0.2) is 5.15 Å². The van der Waals surface area contributed by atoms with Crippen LogP contribution in [0.2, 0.25) is 5.15 Å². The zero-order chi connectivity index (χ0) is 23.0. The fourth-order valence-corrected chi connectivity index (χ4v) is 4.03. The van der Waals surface area contributed by atoms with E-state index in [-0.39, 0.29) is 36.4 Å². The van der Waals surface area contributed by atoms with Crippen molar-refractivity contribution in [2.75, 3.05) is 23.8 Å². The van der Waals surface area contributed by atoms with Crippen molar-refractivity contribution < 1.29 is 27.5 Å². The number of esters is 1. The third-order valence-electron chi connectivity index (χ3n) is 4.07. The molecule has 1 atom stereocenters. The summed E-state index contributed by atoms with van der Waals surface area (Å²) in [5, 5.41) is 2.87. The lowest BCUT2D eigenvalue weighted by molar-refractivity contribution is -0.155. The largest absolute Gasteiger partial charge is 0.465 e. The Bertz CT molecular complexity index is 880. The summed E-state index contributed by atoms with van der Waals surface area (Å²) in [6.07, 6.45) is -1.14. The second kappa shape index (κ2) is 11.4. The first-order chi connectivity index (χ1) is 14.7. The Morgan fingerprint density at radius 2 is 2.10 bits per heavy atom. The Morgan fingerprint density at radius 1 is 1.35 bits per heavy atom. The van der Waals surface area contributed by atoms with Crippen LogP contribution < -0.4 is 4.90 Å². The topological polar surface area (TPSA) is 77.3 Å². The highest BCUT2D eigenvalue weighted by molar-refractivity contribution is 8.00. The van der Waals surface area contributed by atoms with Crippen LogP contribution in [0, 0.1) is 0 Å². The van der Waals surface area contributed by atoms with Gasteiger partial charge in [0.05, 0.1) is 31.1 Å². The number of hydrogen-bond acceptors (Lipinski definition) is 6. The van der Waals surface area contributed by atoms with Crippen LogP contribution in [0.15, 0.2) is 30.7 Å². The minimum Gasteiger partial charge on any atom is -0.465 e. The summed E-state index contributed by atoms with van der Waals surface area (Å²) in [4.78, 5) is 29.9. The van der Waals surface area contributed by atoms with E-state index < -0.39 is 23.8 Å². The molecule has 170 valence electrons. The average Bonchev–Trinajstić information content (AvgIpc) is 3.09. The standard InChI is InChI=1S/C19H22ClF3N4O3S/c1-3-26(14-12-27(25-17(14)20)13-6-5-8-24-11-13)16(28)7-9-31-15(10-19(21,22)23)18(29)30-4-2/h5-6,8,11-12,15H,3-4,7,9-10H2,1-2H3. The number of hydrogen-bond donors (Lipinski definition) is 0. The number of anilines is 1. The van der Waals surface area contributed by atoms with Gasteiger partial charge in [0.25, 0.3) is 0 Å². The van der Waals surface area contributed by atoms with Crippen LogP contribution in [-0.4, -0.2) is 57.0 Å². The molecule has 7 nitrogen and oxygen atoms in total. The first-order valence-corrected chi connectivity index (χ1v) is 10.9. The van der Waals surface area contributed by atoms with Crippen molar-refractivity contribution in [3.05, 3.63) is 35.9 Å². The number of thioether (sulfide) groups is 1. The van der Waals surface area contributed by atoms with Crippen LogP contribution in [0.3, 0.4) is 0 Å². The number of carbonyl (C=O) groups is 2. The third-order valence-corrected chi connectivity index (χ3v) is 5.54. The number of ether oxygens (including phenoxy) is 1. The molecule has 2 heterocycles. The number of nitrogens with zero attached hydrogens (tertiary/aromatic N) is 4. The number of amides is 1. The number of aromatic nitrogens is 3. The lowest BCUT2D eigenvalue weighted by Gasteiger charge is -2.20. The van der Waals surface area contributed by atoms with Gasteiger partial charge in [0, 0.05) is 24.9 Å². The van der Waals surface area contributed by atoms with E-state index in [4.69, 9.17) is 16.3 Å². The summed E-state index contributed by atoms with van der Waals surface area (Å²) in [7, 11) is 0. The summed E-state index contributed by atoms with van der Waals surface area (Å²) in [5.41, 5.74) is 1.03. The van der Waals surface area contributed by atoms with E-state index in [2.05, 4.69) is 10.1 Å². The summed E-state index contributed by atoms with van der Waals surface area (Å²) >= 11 is 6.96. The quantitative estimate of drug-likeness (QED) is 0.474. The summed E-state index contributed by atoms with van der Waals surface area (Å²) in [6.45, 7) is 3.53. The molecule has 2 aromatic heterocycles. The van der Waals surface area contributed by atoms with Crippen LogP contribution in [0.25, 0.3) is 5.69 Å². The molecule has 0 aliphatic rings. The molecule has 0 bridgehead atoms. The Balaban J connectivity index is 2.04. The van der Waals surface area contributed by atoms with Crippen LogP contribution >= 0.6 is 23.4 Å². The van der Waals surface area contributed by atoms with Gasteiger partial charge in [-0.05, 0) is 26.0 Å². The number of alkyl halides is 3. The number of carbonyl (C=O) groups excluding carboxylic acids is 2. The zero-order valence-corrected chi connectivity index (χ0v) is 18.5. The molecule has 0 spiro atoms. The van der Waals surface area contributed by atoms with Crippen molar-refractivity contribution in [1.29, 1.82) is 0 Å². The van der Waals surface area contributed by atoms with Gasteiger partial charge in [-0.25, -0.2) is 4.68 Å². The Kier molecular flexibility index (Phi) is 9.17. The van der Waals surface area contributed by atoms with Crippen molar-refractivity contribution in [3.8, 4) is 5.69 Å². The molecule has 1 amide bonds. The molecule has 0 aromatic carbocycles. The molecule has 2 aromatic rings. The second-order valence-corrected chi connectivity index (χ2v) is 7.95. The molecule has 0 saturated carbocycles. The highest BCUT2D eigenvalue weighted by Gasteiger charge is 2.36. The second-order valence-electron chi connectivity index (χ2n) is 6.28. The smallest absolute Gasteiger partial charge is 0.390 e. The monoisotopic (exact) mass is 478 g/mol. The van der Waals surface area contributed by atoms with Crippen molar-refractivity contribution in [1.82, 2.24) is 14.8 Å². The molecular weight excluding hydrogens is 457 g/mol. The molecular formula is C19H22ClF3N4O3S. The van der Waals surface area contributed by atoms with Crippen molar-refractivity contribution >= 4 is 40.9 Å². The first kappa shape index (κ1) is 25.0. The predicted octanol–water partition coefficient (Wildman–Crippen LogP) is 4.28. The number of halogens is 4. The van der Waals surface area contributed by atoms with Gasteiger partial charge in [-0.2, -0.15) is 18.3 Å². The highest BCUT2D eigenvalue weighted by atomic mass is 35.5. The maximum atomic E-state index is 12.8. The fourth-order valence-electron chi connectivity index (χ4n) is 2.71. The van der Waals surface area contributed by atoms with Gasteiger partial charge < -0.3 is 9.64 Å². The molecule has 12 heteroatoms. The lowest BCUT2D eigenvalue weighted by Crippen LogP contribution is -2.31. The molecule has 2 rings (SSSR count). The molecule has 0 N–H and O–H groups in total. The summed E-state index contributed by atoms with van der Waals surface area (Å²) in [6, 6.07) is 3.50. The van der Waals surface area contributed by atoms with Crippen LogP contribution in [0.1, 0.15) is 26.7 Å². The summed E-state index contributed by atoms with van der Waals surface area (Å²) < 4.78 is 44.5. The van der Waals surface area contributed by atoms with Gasteiger partial charge in [-0.1, -0.05) is 11.6 Å². The molecule has 0 fully saturated rings. The molecule has 0 saturated heterocycles. The highest BCUT2D eigenvalue weighted by Crippen LogP contribution is 2.30. The Morgan fingerprint density at radius 3 is 2.68 bits per heavy atom. The van der Waals surface area contributed by atoms with Crippen molar-refractivity contribution in [2.24, 2.45) is 0 Å². The van der Waals surface area contributed by atoms with E-state index in [1.807, 2.05) is 0 Å². The zero-order valence-electron chi connectivity index (χ0n) is 16.9. The normalized spacial score (nSPS) is 12.5. The van der Waals surface area contributed by atoms with E-state index >= 15 is 0 Å².